The first-order valence-corrected chi connectivity index (χ1v) is 6.96. The normalized spacial score (nSPS) is 11.3. The van der Waals surface area contributed by atoms with Crippen LogP contribution in [0, 0.1) is 5.82 Å². The number of aryl methyl sites for hydroxylation is 1. The van der Waals surface area contributed by atoms with Gasteiger partial charge in [-0.05, 0) is 12.1 Å². The standard InChI is InChI=1S/C11H11FN4O3S/c1-16-6-9(20(13,18)19)10(15-16)14-11(17)7-4-2-3-5-8(7)12/h2-6H,1H3,(H2,13,18,19)(H,14,15,17). The van der Waals surface area contributed by atoms with E-state index in [0.717, 1.165) is 12.3 Å². The molecule has 20 heavy (non-hydrogen) atoms. The van der Waals surface area contributed by atoms with E-state index in [-0.39, 0.29) is 16.3 Å². The van der Waals surface area contributed by atoms with Crippen LogP contribution >= 0.6 is 0 Å². The molecule has 0 bridgehead atoms. The van der Waals surface area contributed by atoms with E-state index in [1.807, 2.05) is 0 Å². The molecule has 0 unspecified atom stereocenters. The number of primary sulfonamides is 1. The molecule has 0 radical (unpaired) electrons. The maximum atomic E-state index is 13.5. The van der Waals surface area contributed by atoms with Crippen molar-refractivity contribution in [3.63, 3.8) is 0 Å². The zero-order valence-electron chi connectivity index (χ0n) is 10.4. The van der Waals surface area contributed by atoms with Crippen molar-refractivity contribution in [2.24, 2.45) is 12.2 Å². The lowest BCUT2D eigenvalue weighted by atomic mass is 10.2. The summed E-state index contributed by atoms with van der Waals surface area (Å²) < 4.78 is 37.3. The Morgan fingerprint density at radius 3 is 2.65 bits per heavy atom. The van der Waals surface area contributed by atoms with Crippen molar-refractivity contribution in [3.05, 3.63) is 41.8 Å². The van der Waals surface area contributed by atoms with Gasteiger partial charge in [-0.2, -0.15) is 5.10 Å². The second-order valence-electron chi connectivity index (χ2n) is 3.99. The molecular formula is C11H11FN4O3S. The largest absolute Gasteiger partial charge is 0.304 e. The first-order chi connectivity index (χ1) is 9.29. The van der Waals surface area contributed by atoms with Crippen LogP contribution in [-0.2, 0) is 17.1 Å². The van der Waals surface area contributed by atoms with E-state index in [4.69, 9.17) is 5.14 Å². The highest BCUT2D eigenvalue weighted by Crippen LogP contribution is 2.18. The van der Waals surface area contributed by atoms with Crippen molar-refractivity contribution in [2.45, 2.75) is 4.90 Å². The molecule has 1 aromatic heterocycles. The van der Waals surface area contributed by atoms with Crippen LogP contribution in [0.15, 0.2) is 35.4 Å². The lowest BCUT2D eigenvalue weighted by Crippen LogP contribution is -2.18. The summed E-state index contributed by atoms with van der Waals surface area (Å²) in [7, 11) is -2.58. The number of nitrogens with one attached hydrogen (secondary N) is 1. The molecule has 0 saturated carbocycles. The lowest BCUT2D eigenvalue weighted by molar-refractivity contribution is 0.102. The van der Waals surface area contributed by atoms with Gasteiger partial charge in [-0.25, -0.2) is 17.9 Å². The highest BCUT2D eigenvalue weighted by molar-refractivity contribution is 7.89. The molecular weight excluding hydrogens is 287 g/mol. The Hall–Kier alpha value is -2.26. The number of rotatable bonds is 3. The van der Waals surface area contributed by atoms with Crippen LogP contribution in [0.3, 0.4) is 0 Å². The third kappa shape index (κ3) is 2.83. The number of benzene rings is 1. The summed E-state index contributed by atoms with van der Waals surface area (Å²) in [4.78, 5) is 11.5. The van der Waals surface area contributed by atoms with Crippen molar-refractivity contribution in [1.82, 2.24) is 9.78 Å². The van der Waals surface area contributed by atoms with Crippen LogP contribution in [0.2, 0.25) is 0 Å². The average Bonchev–Trinajstić information content (AvgIpc) is 2.70. The number of halogens is 1. The second kappa shape index (κ2) is 5.02. The van der Waals surface area contributed by atoms with E-state index in [1.54, 1.807) is 0 Å². The third-order valence-corrected chi connectivity index (χ3v) is 3.36. The molecule has 3 N–H and O–H groups in total. The lowest BCUT2D eigenvalue weighted by Gasteiger charge is -2.04. The number of hydrogen-bond donors (Lipinski definition) is 2. The molecule has 2 rings (SSSR count). The zero-order chi connectivity index (χ0) is 14.9. The Labute approximate surface area is 114 Å². The van der Waals surface area contributed by atoms with Crippen molar-refractivity contribution in [3.8, 4) is 0 Å². The molecule has 9 heteroatoms. The van der Waals surface area contributed by atoms with Crippen molar-refractivity contribution in [1.29, 1.82) is 0 Å². The topological polar surface area (TPSA) is 107 Å². The fourth-order valence-electron chi connectivity index (χ4n) is 1.58. The number of nitrogens with zero attached hydrogens (tertiary/aromatic N) is 2. The fraction of sp³-hybridized carbons (Fsp3) is 0.0909. The Morgan fingerprint density at radius 1 is 1.40 bits per heavy atom. The first-order valence-electron chi connectivity index (χ1n) is 5.41. The number of sulfonamides is 1. The van der Waals surface area contributed by atoms with Gasteiger partial charge in [-0.15, -0.1) is 0 Å². The maximum absolute atomic E-state index is 13.5. The Kier molecular flexibility index (Phi) is 3.55. The van der Waals surface area contributed by atoms with Crippen molar-refractivity contribution in [2.75, 3.05) is 5.32 Å². The predicted octanol–water partition coefficient (Wildman–Crippen LogP) is 0.459. The summed E-state index contributed by atoms with van der Waals surface area (Å²) in [6.45, 7) is 0. The summed E-state index contributed by atoms with van der Waals surface area (Å²) in [6, 6.07) is 5.30. The molecule has 1 heterocycles. The minimum absolute atomic E-state index is 0.224. The molecule has 0 aliphatic carbocycles. The molecule has 1 aromatic carbocycles. The number of hydrogen-bond acceptors (Lipinski definition) is 4. The van der Waals surface area contributed by atoms with E-state index in [9.17, 15) is 17.6 Å². The third-order valence-electron chi connectivity index (χ3n) is 2.45. The van der Waals surface area contributed by atoms with Gasteiger partial charge < -0.3 is 5.32 Å². The first kappa shape index (κ1) is 14.2. The molecule has 0 saturated heterocycles. The second-order valence-corrected chi connectivity index (χ2v) is 5.52. The molecule has 0 aliphatic rings. The van der Waals surface area contributed by atoms with Crippen LogP contribution in [0.25, 0.3) is 0 Å². The van der Waals surface area contributed by atoms with E-state index >= 15 is 0 Å². The number of anilines is 1. The minimum Gasteiger partial charge on any atom is -0.304 e. The number of carbonyl (C=O) groups excluding carboxylic acids is 1. The highest BCUT2D eigenvalue weighted by atomic mass is 32.2. The number of nitrogens with two attached hydrogens (primary N) is 1. The van der Waals surface area contributed by atoms with Gasteiger partial charge in [0.15, 0.2) is 5.82 Å². The molecule has 106 valence electrons. The van der Waals surface area contributed by atoms with Gasteiger partial charge in [0.05, 0.1) is 5.56 Å². The molecule has 0 aliphatic heterocycles. The fourth-order valence-corrected chi connectivity index (χ4v) is 2.24. The molecule has 0 fully saturated rings. The number of carbonyl (C=O) groups is 1. The van der Waals surface area contributed by atoms with Crippen LogP contribution < -0.4 is 10.5 Å². The minimum atomic E-state index is -4.04. The van der Waals surface area contributed by atoms with Crippen LogP contribution in [-0.4, -0.2) is 24.1 Å². The van der Waals surface area contributed by atoms with Gasteiger partial charge in [0.1, 0.15) is 10.7 Å². The number of amides is 1. The summed E-state index contributed by atoms with van der Waals surface area (Å²) in [6.07, 6.45) is 1.15. The molecule has 7 nitrogen and oxygen atoms in total. The Morgan fingerprint density at radius 2 is 2.05 bits per heavy atom. The van der Waals surface area contributed by atoms with Gasteiger partial charge in [0.2, 0.25) is 10.0 Å². The SMILES string of the molecule is Cn1cc(S(N)(=O)=O)c(NC(=O)c2ccccc2F)n1. The van der Waals surface area contributed by atoms with Gasteiger partial charge in [-0.3, -0.25) is 9.48 Å². The predicted molar refractivity (Wildman–Crippen MR) is 68.9 cm³/mol. The maximum Gasteiger partial charge on any atom is 0.259 e. The van der Waals surface area contributed by atoms with E-state index in [0.29, 0.717) is 0 Å². The van der Waals surface area contributed by atoms with Gasteiger partial charge in [-0.1, -0.05) is 12.1 Å². The molecule has 0 spiro atoms. The summed E-state index contributed by atoms with van der Waals surface area (Å²) in [5.41, 5.74) is -0.224. The van der Waals surface area contributed by atoms with Gasteiger partial charge in [0.25, 0.3) is 5.91 Å². The molecule has 2 aromatic rings. The summed E-state index contributed by atoms with van der Waals surface area (Å²) in [5, 5.41) is 11.0. The van der Waals surface area contributed by atoms with Crippen LogP contribution in [0.1, 0.15) is 10.4 Å². The molecule has 1 amide bonds. The van der Waals surface area contributed by atoms with Crippen molar-refractivity contribution >= 4 is 21.7 Å². The van der Waals surface area contributed by atoms with E-state index in [1.165, 1.54) is 29.9 Å². The van der Waals surface area contributed by atoms with E-state index < -0.39 is 21.7 Å². The highest BCUT2D eigenvalue weighted by Gasteiger charge is 2.21. The molecule has 0 atom stereocenters. The number of aromatic nitrogens is 2. The van der Waals surface area contributed by atoms with E-state index in [2.05, 4.69) is 10.4 Å². The average molecular weight is 298 g/mol. The van der Waals surface area contributed by atoms with Crippen LogP contribution in [0.5, 0.6) is 0 Å². The Bertz CT molecular complexity index is 770. The van der Waals surface area contributed by atoms with Crippen LogP contribution in [0.4, 0.5) is 10.2 Å². The smallest absolute Gasteiger partial charge is 0.259 e. The zero-order valence-corrected chi connectivity index (χ0v) is 11.2. The Balaban J connectivity index is 2.37. The van der Waals surface area contributed by atoms with Gasteiger partial charge >= 0.3 is 0 Å². The summed E-state index contributed by atoms with van der Waals surface area (Å²) >= 11 is 0. The monoisotopic (exact) mass is 298 g/mol. The van der Waals surface area contributed by atoms with Gasteiger partial charge in [0, 0.05) is 13.2 Å². The summed E-state index contributed by atoms with van der Waals surface area (Å²) in [5.74, 6) is -1.78. The van der Waals surface area contributed by atoms with Crippen molar-refractivity contribution < 1.29 is 17.6 Å². The quantitative estimate of drug-likeness (QED) is 0.858.